The lowest BCUT2D eigenvalue weighted by Gasteiger charge is -2.08. The molecule has 3 aromatic heterocycles. The van der Waals surface area contributed by atoms with Gasteiger partial charge in [0, 0.05) is 44.2 Å². The molecule has 0 saturated heterocycles. The number of fused-ring (bicyclic) bond motifs is 4. The lowest BCUT2D eigenvalue weighted by atomic mass is 9.97. The largest absolute Gasteiger partial charge is 0.455 e. The SMILES string of the molecule is Cc1ccccc1-c1cccc2c1oc1c(-c3cccc(-c4nc5cc(-c6nc(-c7ccccc7)nc(-c7ccccc7)n6)ccc5s4)c3)cccc12. The second kappa shape index (κ2) is 12.8. The molecule has 3 heterocycles. The Balaban J connectivity index is 1.04. The van der Waals surface area contributed by atoms with Crippen LogP contribution >= 0.6 is 11.3 Å². The highest BCUT2D eigenvalue weighted by atomic mass is 32.1. The fourth-order valence-electron chi connectivity index (χ4n) is 7.08. The first-order chi connectivity index (χ1) is 26.2. The van der Waals surface area contributed by atoms with Crippen LogP contribution in [-0.4, -0.2) is 19.9 Å². The Hall–Kier alpha value is -6.76. The first kappa shape index (κ1) is 31.0. The van der Waals surface area contributed by atoms with Crippen molar-refractivity contribution in [3.05, 3.63) is 169 Å². The molecule has 0 N–H and O–H groups in total. The molecule has 0 aliphatic rings. The Morgan fingerprint density at radius 1 is 0.415 bits per heavy atom. The quantitative estimate of drug-likeness (QED) is 0.173. The maximum absolute atomic E-state index is 6.77. The smallest absolute Gasteiger partial charge is 0.164 e. The number of nitrogens with zero attached hydrogens (tertiary/aromatic N) is 4. The Labute approximate surface area is 309 Å². The van der Waals surface area contributed by atoms with Gasteiger partial charge in [-0.05, 0) is 47.9 Å². The molecule has 0 atom stereocenters. The van der Waals surface area contributed by atoms with Gasteiger partial charge in [0.15, 0.2) is 17.5 Å². The van der Waals surface area contributed by atoms with E-state index in [4.69, 9.17) is 24.4 Å². The van der Waals surface area contributed by atoms with Crippen molar-refractivity contribution in [3.8, 4) is 67.0 Å². The van der Waals surface area contributed by atoms with Crippen molar-refractivity contribution < 1.29 is 4.42 Å². The summed E-state index contributed by atoms with van der Waals surface area (Å²) < 4.78 is 7.87. The minimum atomic E-state index is 0.612. The normalized spacial score (nSPS) is 11.5. The van der Waals surface area contributed by atoms with Crippen LogP contribution in [0.1, 0.15) is 5.56 Å². The molecule has 250 valence electrons. The number of hydrogen-bond acceptors (Lipinski definition) is 6. The molecule has 0 aliphatic heterocycles. The third-order valence-corrected chi connectivity index (χ3v) is 10.8. The van der Waals surface area contributed by atoms with Gasteiger partial charge in [-0.1, -0.05) is 140 Å². The fraction of sp³-hybridized carbons (Fsp3) is 0.0213. The second-order valence-corrected chi connectivity index (χ2v) is 14.1. The van der Waals surface area contributed by atoms with Crippen molar-refractivity contribution >= 4 is 43.5 Å². The molecule has 53 heavy (non-hydrogen) atoms. The monoisotopic (exact) mass is 698 g/mol. The Morgan fingerprint density at radius 2 is 0.962 bits per heavy atom. The summed E-state index contributed by atoms with van der Waals surface area (Å²) in [6.45, 7) is 2.15. The molecule has 6 heteroatoms. The Morgan fingerprint density at radius 3 is 1.66 bits per heavy atom. The molecule has 5 nitrogen and oxygen atoms in total. The molecule has 0 unspecified atom stereocenters. The van der Waals surface area contributed by atoms with E-state index >= 15 is 0 Å². The van der Waals surface area contributed by atoms with E-state index in [9.17, 15) is 0 Å². The Bertz CT molecular complexity index is 2910. The van der Waals surface area contributed by atoms with Gasteiger partial charge in [-0.15, -0.1) is 11.3 Å². The average molecular weight is 699 g/mol. The number of aromatic nitrogens is 4. The van der Waals surface area contributed by atoms with Crippen molar-refractivity contribution in [2.75, 3.05) is 0 Å². The van der Waals surface area contributed by atoms with E-state index in [-0.39, 0.29) is 0 Å². The number of para-hydroxylation sites is 2. The summed E-state index contributed by atoms with van der Waals surface area (Å²) in [5.41, 5.74) is 12.2. The number of hydrogen-bond donors (Lipinski definition) is 0. The van der Waals surface area contributed by atoms with E-state index in [0.29, 0.717) is 17.5 Å². The summed E-state index contributed by atoms with van der Waals surface area (Å²) in [4.78, 5) is 19.8. The highest BCUT2D eigenvalue weighted by Crippen LogP contribution is 2.41. The zero-order valence-electron chi connectivity index (χ0n) is 28.7. The lowest BCUT2D eigenvalue weighted by Crippen LogP contribution is -2.00. The second-order valence-electron chi connectivity index (χ2n) is 13.1. The molecule has 0 amide bonds. The molecule has 10 aromatic rings. The van der Waals surface area contributed by atoms with Crippen molar-refractivity contribution in [2.45, 2.75) is 6.92 Å². The molecule has 10 rings (SSSR count). The van der Waals surface area contributed by atoms with E-state index in [1.54, 1.807) is 11.3 Å². The summed E-state index contributed by atoms with van der Waals surface area (Å²) in [5.74, 6) is 1.88. The topological polar surface area (TPSA) is 64.7 Å². The molecule has 0 saturated carbocycles. The molecule has 0 fully saturated rings. The van der Waals surface area contributed by atoms with Gasteiger partial charge in [0.2, 0.25) is 0 Å². The van der Waals surface area contributed by atoms with Gasteiger partial charge in [0.25, 0.3) is 0 Å². The fourth-order valence-corrected chi connectivity index (χ4v) is 8.02. The first-order valence-corrected chi connectivity index (χ1v) is 18.4. The van der Waals surface area contributed by atoms with Crippen LogP contribution in [0, 0.1) is 6.92 Å². The van der Waals surface area contributed by atoms with Crippen LogP contribution in [-0.2, 0) is 0 Å². The molecule has 0 radical (unpaired) electrons. The van der Waals surface area contributed by atoms with Crippen LogP contribution in [0.25, 0.3) is 99.1 Å². The first-order valence-electron chi connectivity index (χ1n) is 17.6. The third kappa shape index (κ3) is 5.57. The van der Waals surface area contributed by atoms with Gasteiger partial charge in [-0.25, -0.2) is 19.9 Å². The van der Waals surface area contributed by atoms with Crippen LogP contribution < -0.4 is 0 Å². The van der Waals surface area contributed by atoms with Crippen molar-refractivity contribution in [1.82, 2.24) is 19.9 Å². The van der Waals surface area contributed by atoms with E-state index in [2.05, 4.69) is 110 Å². The highest BCUT2D eigenvalue weighted by Gasteiger charge is 2.18. The maximum atomic E-state index is 6.77. The minimum Gasteiger partial charge on any atom is -0.455 e. The van der Waals surface area contributed by atoms with Crippen molar-refractivity contribution in [3.63, 3.8) is 0 Å². The number of thiazole rings is 1. The van der Waals surface area contributed by atoms with Crippen LogP contribution in [0.3, 0.4) is 0 Å². The summed E-state index contributed by atoms with van der Waals surface area (Å²) in [5, 5.41) is 3.17. The molecular formula is C47H30N4OS. The van der Waals surface area contributed by atoms with Crippen LogP contribution in [0.15, 0.2) is 168 Å². The summed E-state index contributed by atoms with van der Waals surface area (Å²) in [6, 6.07) is 56.2. The molecular weight excluding hydrogens is 669 g/mol. The number of rotatable bonds is 6. The van der Waals surface area contributed by atoms with Gasteiger partial charge >= 0.3 is 0 Å². The summed E-state index contributed by atoms with van der Waals surface area (Å²) >= 11 is 1.68. The third-order valence-electron chi connectivity index (χ3n) is 9.73. The zero-order valence-corrected chi connectivity index (χ0v) is 29.5. The van der Waals surface area contributed by atoms with Gasteiger partial charge in [0.1, 0.15) is 16.2 Å². The molecule has 0 bridgehead atoms. The van der Waals surface area contributed by atoms with E-state index in [1.807, 2.05) is 60.7 Å². The van der Waals surface area contributed by atoms with Crippen LogP contribution in [0.4, 0.5) is 0 Å². The van der Waals surface area contributed by atoms with E-state index < -0.39 is 0 Å². The molecule has 0 aliphatic carbocycles. The number of furan rings is 1. The number of benzene rings is 7. The van der Waals surface area contributed by atoms with E-state index in [0.717, 1.165) is 76.1 Å². The molecule has 7 aromatic carbocycles. The standard InChI is InChI=1S/C47H30N4OS/c1-29-13-8-9-20-35(29)37-22-12-24-39-38-23-11-21-36(42(38)52-43(37)39)32-18-10-19-34(27-32)47-48-40-28-33(25-26-41(40)53-47)46-50-44(30-14-4-2-5-15-30)49-45(51-46)31-16-6-3-7-17-31/h2-28H,1H3. The molecule has 0 spiro atoms. The van der Waals surface area contributed by atoms with Gasteiger partial charge in [0.05, 0.1) is 10.2 Å². The van der Waals surface area contributed by atoms with Gasteiger partial charge in [-0.2, -0.15) is 0 Å². The highest BCUT2D eigenvalue weighted by molar-refractivity contribution is 7.21. The average Bonchev–Trinajstić information content (AvgIpc) is 3.83. The van der Waals surface area contributed by atoms with Crippen LogP contribution in [0.5, 0.6) is 0 Å². The summed E-state index contributed by atoms with van der Waals surface area (Å²) in [7, 11) is 0. The number of aryl methyl sites for hydroxylation is 1. The van der Waals surface area contributed by atoms with Gasteiger partial charge < -0.3 is 4.42 Å². The summed E-state index contributed by atoms with van der Waals surface area (Å²) in [6.07, 6.45) is 0. The van der Waals surface area contributed by atoms with Crippen LogP contribution in [0.2, 0.25) is 0 Å². The van der Waals surface area contributed by atoms with Gasteiger partial charge in [-0.3, -0.25) is 0 Å². The van der Waals surface area contributed by atoms with E-state index in [1.165, 1.54) is 11.1 Å². The Kier molecular flexibility index (Phi) is 7.48. The zero-order chi connectivity index (χ0) is 35.3. The lowest BCUT2D eigenvalue weighted by molar-refractivity contribution is 0.671. The minimum absolute atomic E-state index is 0.612. The predicted octanol–water partition coefficient (Wildman–Crippen LogP) is 12.7. The predicted molar refractivity (Wildman–Crippen MR) is 218 cm³/mol. The van der Waals surface area contributed by atoms with Crippen molar-refractivity contribution in [1.29, 1.82) is 0 Å². The van der Waals surface area contributed by atoms with Crippen molar-refractivity contribution in [2.24, 2.45) is 0 Å². The maximum Gasteiger partial charge on any atom is 0.164 e.